The van der Waals surface area contributed by atoms with Gasteiger partial charge in [0, 0.05) is 30.4 Å². The molecule has 2 unspecified atom stereocenters. The Labute approximate surface area is 210 Å². The monoisotopic (exact) mass is 482 g/mol. The quantitative estimate of drug-likeness (QED) is 0.324. The van der Waals surface area contributed by atoms with Crippen molar-refractivity contribution in [1.82, 2.24) is 10.0 Å². The van der Waals surface area contributed by atoms with Crippen LogP contribution >= 0.6 is 0 Å². The Morgan fingerprint density at radius 3 is 1.63 bits per heavy atom. The number of rotatable bonds is 14. The molecule has 0 saturated carbocycles. The van der Waals surface area contributed by atoms with Gasteiger partial charge in [-0.25, -0.2) is 10.0 Å². The lowest BCUT2D eigenvalue weighted by molar-refractivity contribution is -0.135. The van der Waals surface area contributed by atoms with Crippen LogP contribution in [-0.4, -0.2) is 53.5 Å². The molecule has 2 amide bonds. The Kier molecular flexibility index (Phi) is 9.87. The lowest BCUT2D eigenvalue weighted by Gasteiger charge is -2.29. The fourth-order valence-corrected chi connectivity index (χ4v) is 5.21. The highest BCUT2D eigenvalue weighted by molar-refractivity contribution is 6.12. The van der Waals surface area contributed by atoms with E-state index in [0.29, 0.717) is 13.1 Å². The van der Waals surface area contributed by atoms with Gasteiger partial charge in [0.25, 0.3) is 11.8 Å². The number of benzene rings is 1. The number of methoxy groups -OCH3 is 1. The number of hydrogen-bond donors (Lipinski definition) is 0. The molecule has 0 spiro atoms. The van der Waals surface area contributed by atoms with Crippen LogP contribution in [0.3, 0.4) is 0 Å². The van der Waals surface area contributed by atoms with E-state index >= 15 is 0 Å². The van der Waals surface area contributed by atoms with Gasteiger partial charge in [0.1, 0.15) is 5.75 Å². The maximum absolute atomic E-state index is 13.6. The summed E-state index contributed by atoms with van der Waals surface area (Å²) in [6.07, 6.45) is 8.65. The highest BCUT2D eigenvalue weighted by atomic mass is 16.5. The minimum atomic E-state index is -0.478. The van der Waals surface area contributed by atoms with E-state index < -0.39 is 11.8 Å². The number of ether oxygens (including phenoxy) is 1. The molecular formula is C28H42N4O3. The van der Waals surface area contributed by atoms with Gasteiger partial charge in [0.2, 0.25) is 0 Å². The van der Waals surface area contributed by atoms with E-state index in [9.17, 15) is 9.59 Å². The van der Waals surface area contributed by atoms with Crippen molar-refractivity contribution in [1.29, 1.82) is 0 Å². The van der Waals surface area contributed by atoms with Crippen LogP contribution in [0.1, 0.15) is 90.5 Å². The predicted octanol–water partition coefficient (Wildman–Crippen LogP) is 5.61. The summed E-state index contributed by atoms with van der Waals surface area (Å²) in [7, 11) is 1.63. The molecule has 7 heteroatoms. The number of carbonyl (C=O) groups excluding carboxylic acids is 2. The SMILES string of the molecule is CCCCCCN1N=C(C)C(C(c2ccc(OC)cc2)C2C(=O)N(CCCCCC)N=C2C)C1=O. The third-order valence-corrected chi connectivity index (χ3v) is 7.16. The Morgan fingerprint density at radius 2 is 1.23 bits per heavy atom. The van der Waals surface area contributed by atoms with Crippen LogP contribution in [0, 0.1) is 11.8 Å². The second kappa shape index (κ2) is 12.8. The molecule has 3 rings (SSSR count). The molecule has 0 N–H and O–H groups in total. The van der Waals surface area contributed by atoms with Gasteiger partial charge in [-0.15, -0.1) is 0 Å². The van der Waals surface area contributed by atoms with Crippen molar-refractivity contribution in [2.24, 2.45) is 22.0 Å². The molecule has 0 aliphatic carbocycles. The Balaban J connectivity index is 1.87. The van der Waals surface area contributed by atoms with Crippen LogP contribution in [0.15, 0.2) is 34.5 Å². The van der Waals surface area contributed by atoms with Crippen molar-refractivity contribution in [3.05, 3.63) is 29.8 Å². The zero-order chi connectivity index (χ0) is 25.4. The molecular weight excluding hydrogens is 440 g/mol. The third kappa shape index (κ3) is 6.30. The van der Waals surface area contributed by atoms with E-state index in [0.717, 1.165) is 74.1 Å². The zero-order valence-electron chi connectivity index (χ0n) is 22.1. The van der Waals surface area contributed by atoms with E-state index in [2.05, 4.69) is 24.1 Å². The molecule has 2 atom stereocenters. The summed E-state index contributed by atoms with van der Waals surface area (Å²) < 4.78 is 5.35. The summed E-state index contributed by atoms with van der Waals surface area (Å²) in [5, 5.41) is 12.6. The normalized spacial score (nSPS) is 20.9. The Hall–Kier alpha value is -2.70. The molecule has 2 heterocycles. The van der Waals surface area contributed by atoms with E-state index in [1.807, 2.05) is 38.1 Å². The molecule has 0 bridgehead atoms. The maximum Gasteiger partial charge on any atom is 0.252 e. The van der Waals surface area contributed by atoms with Crippen molar-refractivity contribution in [2.45, 2.75) is 85.0 Å². The van der Waals surface area contributed by atoms with Gasteiger partial charge in [-0.3, -0.25) is 9.59 Å². The van der Waals surface area contributed by atoms with Gasteiger partial charge in [-0.1, -0.05) is 64.5 Å². The number of hydrogen-bond acceptors (Lipinski definition) is 5. The number of unbranched alkanes of at least 4 members (excludes halogenated alkanes) is 6. The first-order chi connectivity index (χ1) is 16.9. The largest absolute Gasteiger partial charge is 0.497 e. The van der Waals surface area contributed by atoms with Gasteiger partial charge in [0.05, 0.1) is 18.9 Å². The molecule has 0 saturated heterocycles. The lowest BCUT2D eigenvalue weighted by atomic mass is 9.73. The Morgan fingerprint density at radius 1 is 0.771 bits per heavy atom. The molecule has 1 aromatic rings. The van der Waals surface area contributed by atoms with Crippen molar-refractivity contribution in [3.63, 3.8) is 0 Å². The summed E-state index contributed by atoms with van der Waals surface area (Å²) in [6, 6.07) is 7.73. The van der Waals surface area contributed by atoms with Crippen LogP contribution in [-0.2, 0) is 9.59 Å². The molecule has 2 aliphatic heterocycles. The predicted molar refractivity (Wildman–Crippen MR) is 141 cm³/mol. The number of hydrazone groups is 2. The van der Waals surface area contributed by atoms with Crippen molar-refractivity contribution in [3.8, 4) is 5.75 Å². The Bertz CT molecular complexity index is 873. The van der Waals surface area contributed by atoms with Gasteiger partial charge in [-0.2, -0.15) is 10.2 Å². The van der Waals surface area contributed by atoms with Crippen LogP contribution in [0.5, 0.6) is 5.75 Å². The summed E-state index contributed by atoms with van der Waals surface area (Å²) in [5.74, 6) is -0.588. The minimum absolute atomic E-state index is 0.0122. The topological polar surface area (TPSA) is 74.6 Å². The number of nitrogens with zero attached hydrogens (tertiary/aromatic N) is 4. The van der Waals surface area contributed by atoms with Crippen LogP contribution < -0.4 is 4.74 Å². The fourth-order valence-electron chi connectivity index (χ4n) is 5.21. The summed E-state index contributed by atoms with van der Waals surface area (Å²) >= 11 is 0. The minimum Gasteiger partial charge on any atom is -0.497 e. The summed E-state index contributed by atoms with van der Waals surface area (Å²) in [6.45, 7) is 9.43. The van der Waals surface area contributed by atoms with Gasteiger partial charge in [0.15, 0.2) is 0 Å². The maximum atomic E-state index is 13.6. The average Bonchev–Trinajstić information content (AvgIpc) is 3.30. The first kappa shape index (κ1) is 26.9. The molecule has 35 heavy (non-hydrogen) atoms. The highest BCUT2D eigenvalue weighted by Crippen LogP contribution is 2.41. The van der Waals surface area contributed by atoms with Crippen molar-refractivity contribution < 1.29 is 14.3 Å². The van der Waals surface area contributed by atoms with Gasteiger partial charge in [-0.05, 0) is 44.4 Å². The first-order valence-electron chi connectivity index (χ1n) is 13.3. The first-order valence-corrected chi connectivity index (χ1v) is 13.3. The average molecular weight is 483 g/mol. The molecule has 7 nitrogen and oxygen atoms in total. The molecule has 1 aromatic carbocycles. The molecule has 0 fully saturated rings. The van der Waals surface area contributed by atoms with E-state index in [4.69, 9.17) is 4.74 Å². The zero-order valence-corrected chi connectivity index (χ0v) is 22.1. The fraction of sp³-hybridized carbons (Fsp3) is 0.643. The number of amides is 2. The standard InChI is InChI=1S/C28H42N4O3/c1-6-8-10-12-18-31-27(33)24(20(3)29-31)26(22-14-16-23(35-5)17-15-22)25-21(4)30-32(28(25)34)19-13-11-9-7-2/h14-17,24-26H,6-13,18-19H2,1-5H3. The van der Waals surface area contributed by atoms with Gasteiger partial charge < -0.3 is 4.74 Å². The highest BCUT2D eigenvalue weighted by Gasteiger charge is 2.49. The second-order valence-electron chi connectivity index (χ2n) is 9.78. The third-order valence-electron chi connectivity index (χ3n) is 7.16. The van der Waals surface area contributed by atoms with Crippen LogP contribution in [0.25, 0.3) is 0 Å². The second-order valence-corrected chi connectivity index (χ2v) is 9.78. The molecule has 0 aromatic heterocycles. The summed E-state index contributed by atoms with van der Waals surface area (Å²) in [4.78, 5) is 27.3. The van der Waals surface area contributed by atoms with Gasteiger partial charge >= 0.3 is 0 Å². The van der Waals surface area contributed by atoms with Crippen LogP contribution in [0.4, 0.5) is 0 Å². The summed E-state index contributed by atoms with van der Waals surface area (Å²) in [5.41, 5.74) is 2.48. The smallest absolute Gasteiger partial charge is 0.252 e. The van der Waals surface area contributed by atoms with Crippen molar-refractivity contribution in [2.75, 3.05) is 20.2 Å². The van der Waals surface area contributed by atoms with E-state index in [1.165, 1.54) is 0 Å². The van der Waals surface area contributed by atoms with E-state index in [-0.39, 0.29) is 17.7 Å². The molecule has 2 aliphatic rings. The lowest BCUT2D eigenvalue weighted by Crippen LogP contribution is -2.40. The number of carbonyl (C=O) groups is 2. The van der Waals surface area contributed by atoms with Crippen LogP contribution in [0.2, 0.25) is 0 Å². The molecule has 0 radical (unpaired) electrons. The van der Waals surface area contributed by atoms with Crippen molar-refractivity contribution >= 4 is 23.2 Å². The molecule has 192 valence electrons. The van der Waals surface area contributed by atoms with E-state index in [1.54, 1.807) is 17.1 Å².